The Morgan fingerprint density at radius 3 is 2.84 bits per heavy atom. The lowest BCUT2D eigenvalue weighted by atomic mass is 10.1. The lowest BCUT2D eigenvalue weighted by Gasteiger charge is -2.31. The summed E-state index contributed by atoms with van der Waals surface area (Å²) in [4.78, 5) is 7.11. The third-order valence-electron chi connectivity index (χ3n) is 3.35. The molecular weight excluding hydrogens is 258 g/mol. The molecule has 2 rings (SSSR count). The number of piperidine rings is 1. The van der Waals surface area contributed by atoms with E-state index in [1.807, 2.05) is 0 Å². The molecule has 1 saturated heterocycles. The summed E-state index contributed by atoms with van der Waals surface area (Å²) in [7, 11) is 0. The van der Waals surface area contributed by atoms with E-state index in [1.54, 1.807) is 11.3 Å². The monoisotopic (exact) mass is 283 g/mol. The summed E-state index contributed by atoms with van der Waals surface area (Å²) >= 11 is 1.76. The van der Waals surface area contributed by atoms with Crippen molar-refractivity contribution < 1.29 is 4.74 Å². The van der Waals surface area contributed by atoms with Crippen LogP contribution in [0.3, 0.4) is 0 Å². The van der Waals surface area contributed by atoms with E-state index in [-0.39, 0.29) is 0 Å². The Kier molecular flexibility index (Phi) is 5.60. The second kappa shape index (κ2) is 7.22. The average molecular weight is 283 g/mol. The minimum absolute atomic E-state index is 0.447. The van der Waals surface area contributed by atoms with Crippen LogP contribution in [0.1, 0.15) is 39.3 Å². The standard InChI is InChI=1S/C14H25N3OS/c1-4-18-13-5-7-17(8-6-13)14-16-12(10-19-14)9-15-11(2)3/h10-11,13,15H,4-9H2,1-3H3. The van der Waals surface area contributed by atoms with Gasteiger partial charge in [0.15, 0.2) is 5.13 Å². The first-order valence-electron chi connectivity index (χ1n) is 7.23. The van der Waals surface area contributed by atoms with E-state index in [0.29, 0.717) is 12.1 Å². The fourth-order valence-electron chi connectivity index (χ4n) is 2.28. The van der Waals surface area contributed by atoms with E-state index in [2.05, 4.69) is 36.4 Å². The van der Waals surface area contributed by atoms with Gasteiger partial charge in [-0.2, -0.15) is 0 Å². The van der Waals surface area contributed by atoms with Crippen LogP contribution in [0.2, 0.25) is 0 Å². The van der Waals surface area contributed by atoms with Gasteiger partial charge in [-0.3, -0.25) is 0 Å². The average Bonchev–Trinajstić information content (AvgIpc) is 2.86. The van der Waals surface area contributed by atoms with Crippen molar-refractivity contribution in [3.63, 3.8) is 0 Å². The van der Waals surface area contributed by atoms with Crippen LogP contribution in [0.25, 0.3) is 0 Å². The minimum Gasteiger partial charge on any atom is -0.378 e. The molecule has 1 fully saturated rings. The zero-order valence-corrected chi connectivity index (χ0v) is 13.0. The molecule has 0 aliphatic carbocycles. The highest BCUT2D eigenvalue weighted by Gasteiger charge is 2.21. The maximum atomic E-state index is 5.68. The summed E-state index contributed by atoms with van der Waals surface area (Å²) in [5, 5.41) is 6.74. The Hall–Kier alpha value is -0.650. The summed E-state index contributed by atoms with van der Waals surface area (Å²) in [5.74, 6) is 0. The number of nitrogens with zero attached hydrogens (tertiary/aromatic N) is 2. The number of nitrogens with one attached hydrogen (secondary N) is 1. The summed E-state index contributed by atoms with van der Waals surface area (Å²) in [5.41, 5.74) is 1.15. The molecule has 19 heavy (non-hydrogen) atoms. The van der Waals surface area contributed by atoms with E-state index >= 15 is 0 Å². The van der Waals surface area contributed by atoms with E-state index in [0.717, 1.165) is 49.9 Å². The van der Waals surface area contributed by atoms with Crippen molar-refractivity contribution in [3.05, 3.63) is 11.1 Å². The minimum atomic E-state index is 0.447. The van der Waals surface area contributed by atoms with Crippen molar-refractivity contribution in [2.45, 2.75) is 52.3 Å². The van der Waals surface area contributed by atoms with Crippen molar-refractivity contribution in [2.75, 3.05) is 24.6 Å². The molecule has 0 atom stereocenters. The maximum Gasteiger partial charge on any atom is 0.185 e. The van der Waals surface area contributed by atoms with Crippen molar-refractivity contribution in [3.8, 4) is 0 Å². The van der Waals surface area contributed by atoms with Gasteiger partial charge in [-0.05, 0) is 19.8 Å². The largest absolute Gasteiger partial charge is 0.378 e. The van der Waals surface area contributed by atoms with Crippen LogP contribution in [-0.2, 0) is 11.3 Å². The fraction of sp³-hybridized carbons (Fsp3) is 0.786. The van der Waals surface area contributed by atoms with Gasteiger partial charge in [0.05, 0.1) is 11.8 Å². The molecule has 0 saturated carbocycles. The molecule has 1 N–H and O–H groups in total. The number of rotatable bonds is 6. The lowest BCUT2D eigenvalue weighted by Crippen LogP contribution is -2.37. The Labute approximate surface area is 120 Å². The van der Waals surface area contributed by atoms with Gasteiger partial charge in [-0.15, -0.1) is 11.3 Å². The quantitative estimate of drug-likeness (QED) is 0.871. The second-order valence-electron chi connectivity index (χ2n) is 5.30. The van der Waals surface area contributed by atoms with Crippen LogP contribution in [0.5, 0.6) is 0 Å². The van der Waals surface area contributed by atoms with Crippen LogP contribution in [0, 0.1) is 0 Å². The molecule has 1 aliphatic rings. The van der Waals surface area contributed by atoms with Crippen molar-refractivity contribution in [2.24, 2.45) is 0 Å². The fourth-order valence-corrected chi connectivity index (χ4v) is 3.16. The van der Waals surface area contributed by atoms with Gasteiger partial charge in [-0.1, -0.05) is 13.8 Å². The number of thiazole rings is 1. The zero-order valence-electron chi connectivity index (χ0n) is 12.2. The Bertz CT molecular complexity index is 373. The van der Waals surface area contributed by atoms with Crippen LogP contribution in [0.15, 0.2) is 5.38 Å². The molecule has 5 heteroatoms. The summed E-state index contributed by atoms with van der Waals surface area (Å²) in [6, 6.07) is 0.507. The smallest absolute Gasteiger partial charge is 0.185 e. The summed E-state index contributed by atoms with van der Waals surface area (Å²) < 4.78 is 5.68. The topological polar surface area (TPSA) is 37.4 Å². The highest BCUT2D eigenvalue weighted by atomic mass is 32.1. The molecule has 0 amide bonds. The van der Waals surface area contributed by atoms with Crippen molar-refractivity contribution in [1.82, 2.24) is 10.3 Å². The van der Waals surface area contributed by atoms with E-state index in [9.17, 15) is 0 Å². The third kappa shape index (κ3) is 4.44. The first-order chi connectivity index (χ1) is 9.19. The summed E-state index contributed by atoms with van der Waals surface area (Å²) in [6.07, 6.45) is 2.68. The number of hydrogen-bond donors (Lipinski definition) is 1. The van der Waals surface area contributed by atoms with E-state index < -0.39 is 0 Å². The molecular formula is C14H25N3OS. The normalized spacial score (nSPS) is 17.4. The molecule has 0 unspecified atom stereocenters. The third-order valence-corrected chi connectivity index (χ3v) is 4.30. The number of aromatic nitrogens is 1. The molecule has 1 aliphatic heterocycles. The molecule has 2 heterocycles. The van der Waals surface area contributed by atoms with Gasteiger partial charge < -0.3 is 15.0 Å². The SMILES string of the molecule is CCOC1CCN(c2nc(CNC(C)C)cs2)CC1. The Morgan fingerprint density at radius 1 is 1.47 bits per heavy atom. The van der Waals surface area contributed by atoms with Gasteiger partial charge in [0.1, 0.15) is 0 Å². The maximum absolute atomic E-state index is 5.68. The predicted molar refractivity (Wildman–Crippen MR) is 81.0 cm³/mol. The predicted octanol–water partition coefficient (Wildman–Crippen LogP) is 2.65. The van der Waals surface area contributed by atoms with Gasteiger partial charge >= 0.3 is 0 Å². The number of ether oxygens (including phenoxy) is 1. The highest BCUT2D eigenvalue weighted by Crippen LogP contribution is 2.25. The first-order valence-corrected chi connectivity index (χ1v) is 8.11. The highest BCUT2D eigenvalue weighted by molar-refractivity contribution is 7.13. The van der Waals surface area contributed by atoms with Crippen LogP contribution >= 0.6 is 11.3 Å². The Morgan fingerprint density at radius 2 is 2.21 bits per heavy atom. The van der Waals surface area contributed by atoms with E-state index in [1.165, 1.54) is 0 Å². The summed E-state index contributed by atoms with van der Waals surface area (Å²) in [6.45, 7) is 10.2. The number of anilines is 1. The number of hydrogen-bond acceptors (Lipinski definition) is 5. The Balaban J connectivity index is 1.82. The van der Waals surface area contributed by atoms with Gasteiger partial charge in [-0.25, -0.2) is 4.98 Å². The molecule has 0 aromatic carbocycles. The van der Waals surface area contributed by atoms with Crippen LogP contribution in [0.4, 0.5) is 5.13 Å². The van der Waals surface area contributed by atoms with E-state index in [4.69, 9.17) is 9.72 Å². The molecule has 4 nitrogen and oxygen atoms in total. The van der Waals surface area contributed by atoms with Crippen molar-refractivity contribution >= 4 is 16.5 Å². The van der Waals surface area contributed by atoms with Crippen LogP contribution in [-0.4, -0.2) is 36.8 Å². The van der Waals surface area contributed by atoms with Crippen LogP contribution < -0.4 is 10.2 Å². The van der Waals surface area contributed by atoms with Gasteiger partial charge in [0.2, 0.25) is 0 Å². The van der Waals surface area contributed by atoms with Gasteiger partial charge in [0, 0.05) is 37.7 Å². The first kappa shape index (κ1) is 14.8. The molecule has 0 spiro atoms. The van der Waals surface area contributed by atoms with Crippen molar-refractivity contribution in [1.29, 1.82) is 0 Å². The zero-order chi connectivity index (χ0) is 13.7. The van der Waals surface area contributed by atoms with Gasteiger partial charge in [0.25, 0.3) is 0 Å². The molecule has 108 valence electrons. The molecule has 1 aromatic heterocycles. The lowest BCUT2D eigenvalue weighted by molar-refractivity contribution is 0.0459. The molecule has 0 bridgehead atoms. The molecule has 1 aromatic rings. The second-order valence-corrected chi connectivity index (χ2v) is 6.14. The molecule has 0 radical (unpaired) electrons.